The first kappa shape index (κ1) is 19.0. The number of imidazole rings is 1. The van der Waals surface area contributed by atoms with E-state index in [1.807, 2.05) is 30.3 Å². The van der Waals surface area contributed by atoms with Crippen molar-refractivity contribution < 1.29 is 24.2 Å². The number of benzene rings is 1. The second-order valence-corrected chi connectivity index (χ2v) is 6.58. The Morgan fingerprint density at radius 3 is 2.71 bits per heavy atom. The van der Waals surface area contributed by atoms with Gasteiger partial charge in [-0.05, 0) is 17.2 Å². The Morgan fingerprint density at radius 2 is 2.00 bits per heavy atom. The van der Waals surface area contributed by atoms with Crippen molar-refractivity contribution in [3.63, 3.8) is 0 Å². The number of fused-ring (bicyclic) bond motifs is 1. The largest absolute Gasteiger partial charge is 0.387 e. The van der Waals surface area contributed by atoms with Gasteiger partial charge in [0.15, 0.2) is 23.2 Å². The van der Waals surface area contributed by atoms with Crippen LogP contribution in [-0.2, 0) is 16.2 Å². The molecule has 3 aromatic rings. The summed E-state index contributed by atoms with van der Waals surface area (Å²) in [4.78, 5) is 17.8. The van der Waals surface area contributed by atoms with Gasteiger partial charge in [0.25, 0.3) is 0 Å². The number of alkyl halides is 1. The lowest BCUT2D eigenvalue weighted by molar-refractivity contribution is -0.0409. The minimum atomic E-state index is -1.36. The number of nitrogens with one attached hydrogen (secondary N) is 1. The number of aromatic nitrogens is 4. The summed E-state index contributed by atoms with van der Waals surface area (Å²) in [5.74, 6) is 0.222. The molecule has 0 bridgehead atoms. The third-order valence-electron chi connectivity index (χ3n) is 4.41. The maximum Gasteiger partial charge on any atom is 0.226 e. The average Bonchev–Trinajstić information content (AvgIpc) is 3.24. The van der Waals surface area contributed by atoms with Gasteiger partial charge in [0, 0.05) is 0 Å². The van der Waals surface area contributed by atoms with Crippen LogP contribution in [0.15, 0.2) is 36.7 Å². The maximum atomic E-state index is 13.0. The molecule has 9 nitrogen and oxygen atoms in total. The van der Waals surface area contributed by atoms with Crippen LogP contribution < -0.4 is 5.48 Å². The third-order valence-corrected chi connectivity index (χ3v) is 4.58. The monoisotopic (exact) mass is 409 g/mol. The zero-order chi connectivity index (χ0) is 19.7. The quantitative estimate of drug-likeness (QED) is 0.415. The summed E-state index contributed by atoms with van der Waals surface area (Å²) in [5, 5.41) is 20.0. The lowest BCUT2D eigenvalue weighted by Crippen LogP contribution is -2.32. The lowest BCUT2D eigenvalue weighted by Gasteiger charge is -2.16. The fourth-order valence-electron chi connectivity index (χ4n) is 3.00. The third kappa shape index (κ3) is 3.52. The van der Waals surface area contributed by atoms with E-state index < -0.39 is 31.2 Å². The van der Waals surface area contributed by atoms with E-state index in [-0.39, 0.29) is 23.4 Å². The number of nitrogens with zero attached hydrogens (tertiary/aromatic N) is 4. The van der Waals surface area contributed by atoms with E-state index in [0.29, 0.717) is 5.52 Å². The van der Waals surface area contributed by atoms with Crippen LogP contribution in [0.1, 0.15) is 11.8 Å². The molecule has 11 heteroatoms. The van der Waals surface area contributed by atoms with E-state index in [1.54, 1.807) is 0 Å². The fourth-order valence-corrected chi connectivity index (χ4v) is 3.16. The van der Waals surface area contributed by atoms with E-state index in [0.717, 1.165) is 5.56 Å². The van der Waals surface area contributed by atoms with Gasteiger partial charge in [-0.1, -0.05) is 30.3 Å². The summed E-state index contributed by atoms with van der Waals surface area (Å²) in [5.41, 5.74) is 4.20. The molecule has 2 unspecified atom stereocenters. The van der Waals surface area contributed by atoms with Gasteiger partial charge in [-0.3, -0.25) is 9.40 Å². The zero-order valence-corrected chi connectivity index (χ0v) is 15.2. The predicted octanol–water partition coefficient (Wildman–Crippen LogP) is 1.61. The molecule has 28 heavy (non-hydrogen) atoms. The van der Waals surface area contributed by atoms with Crippen LogP contribution in [0, 0.1) is 0 Å². The number of aliphatic hydroxyl groups is 2. The maximum absolute atomic E-state index is 13.0. The summed E-state index contributed by atoms with van der Waals surface area (Å²) >= 11 is 6.00. The molecular formula is C17H17ClFN5O4. The molecule has 0 amide bonds. The minimum absolute atomic E-state index is 0.0878. The topological polar surface area (TPSA) is 115 Å². The molecule has 148 valence electrons. The highest BCUT2D eigenvalue weighted by atomic mass is 35.5. The second kappa shape index (κ2) is 7.94. The number of hydrogen-bond acceptors (Lipinski definition) is 8. The summed E-state index contributed by atoms with van der Waals surface area (Å²) < 4.78 is 19.7. The Kier molecular flexibility index (Phi) is 5.38. The van der Waals surface area contributed by atoms with Gasteiger partial charge < -0.3 is 14.9 Å². The van der Waals surface area contributed by atoms with E-state index in [2.05, 4.69) is 20.4 Å². The number of hydrogen-bond donors (Lipinski definition) is 3. The Bertz CT molecular complexity index is 959. The zero-order valence-electron chi connectivity index (χ0n) is 14.4. The molecule has 1 aliphatic heterocycles. The van der Waals surface area contributed by atoms with Crippen LogP contribution >= 0.6 is 11.6 Å². The van der Waals surface area contributed by atoms with Gasteiger partial charge in [-0.25, -0.2) is 14.9 Å². The summed E-state index contributed by atoms with van der Waals surface area (Å²) in [7, 11) is 0. The highest BCUT2D eigenvalue weighted by molar-refractivity contribution is 6.28. The molecule has 1 aromatic carbocycles. The Labute approximate surface area is 163 Å². The molecule has 3 heterocycles. The molecule has 0 aliphatic carbocycles. The van der Waals surface area contributed by atoms with Crippen molar-refractivity contribution in [2.75, 3.05) is 12.2 Å². The molecule has 4 rings (SSSR count). The van der Waals surface area contributed by atoms with Gasteiger partial charge in [0.2, 0.25) is 5.28 Å². The smallest absolute Gasteiger partial charge is 0.226 e. The Morgan fingerprint density at radius 1 is 1.21 bits per heavy atom. The predicted molar refractivity (Wildman–Crippen MR) is 97.1 cm³/mol. The standard InChI is InChI=1S/C17H17ClFN5O4/c18-17-21-14(23-27-7-9-4-2-1-3-5-9)11-15(22-17)24(8-20-11)16-13(26)12(25)10(6-19)28-16/h1-5,8,10,12-13,16,25-26H,6-7H2,(H,21,22,23)/t10-,12?,13?,16-/m1/s1. The van der Waals surface area contributed by atoms with Gasteiger partial charge in [-0.15, -0.1) is 0 Å². The minimum Gasteiger partial charge on any atom is -0.387 e. The van der Waals surface area contributed by atoms with Crippen LogP contribution in [0.2, 0.25) is 5.28 Å². The molecule has 4 atom stereocenters. The highest BCUT2D eigenvalue weighted by Gasteiger charge is 2.44. The lowest BCUT2D eigenvalue weighted by atomic mass is 10.1. The first-order chi connectivity index (χ1) is 13.6. The molecule has 1 fully saturated rings. The van der Waals surface area contributed by atoms with E-state index in [1.165, 1.54) is 10.9 Å². The summed E-state index contributed by atoms with van der Waals surface area (Å²) in [6, 6.07) is 9.51. The molecule has 0 saturated carbocycles. The Hall–Kier alpha value is -2.37. The molecule has 1 aliphatic rings. The van der Waals surface area contributed by atoms with Crippen LogP contribution in [-0.4, -0.2) is 54.7 Å². The molecule has 0 spiro atoms. The van der Waals surface area contributed by atoms with Gasteiger partial charge in [0.05, 0.1) is 12.9 Å². The number of halogens is 2. The van der Waals surface area contributed by atoms with Crippen molar-refractivity contribution in [3.05, 3.63) is 47.5 Å². The van der Waals surface area contributed by atoms with Crippen LogP contribution in [0.3, 0.4) is 0 Å². The number of anilines is 1. The molecule has 1 saturated heterocycles. The summed E-state index contributed by atoms with van der Waals surface area (Å²) in [6.07, 6.45) is -3.57. The van der Waals surface area contributed by atoms with E-state index >= 15 is 0 Å². The van der Waals surface area contributed by atoms with Crippen LogP contribution in [0.5, 0.6) is 0 Å². The fraction of sp³-hybridized carbons (Fsp3) is 0.353. The first-order valence-electron chi connectivity index (χ1n) is 8.48. The summed E-state index contributed by atoms with van der Waals surface area (Å²) in [6.45, 7) is -0.656. The molecular weight excluding hydrogens is 393 g/mol. The van der Waals surface area contributed by atoms with Crippen molar-refractivity contribution in [3.8, 4) is 0 Å². The highest BCUT2D eigenvalue weighted by Crippen LogP contribution is 2.33. The molecule has 2 aromatic heterocycles. The van der Waals surface area contributed by atoms with Crippen LogP contribution in [0.4, 0.5) is 10.2 Å². The average molecular weight is 410 g/mol. The van der Waals surface area contributed by atoms with E-state index in [4.69, 9.17) is 21.2 Å². The number of rotatable bonds is 6. The van der Waals surface area contributed by atoms with Gasteiger partial charge >= 0.3 is 0 Å². The van der Waals surface area contributed by atoms with Crippen molar-refractivity contribution >= 4 is 28.6 Å². The normalized spacial score (nSPS) is 24.7. The van der Waals surface area contributed by atoms with Gasteiger partial charge in [-0.2, -0.15) is 9.97 Å². The number of ether oxygens (including phenoxy) is 1. The first-order valence-corrected chi connectivity index (χ1v) is 8.85. The van der Waals surface area contributed by atoms with Crippen molar-refractivity contribution in [1.82, 2.24) is 19.5 Å². The van der Waals surface area contributed by atoms with Crippen molar-refractivity contribution in [2.24, 2.45) is 0 Å². The van der Waals surface area contributed by atoms with Gasteiger partial charge in [0.1, 0.15) is 25.0 Å². The second-order valence-electron chi connectivity index (χ2n) is 6.24. The molecule has 0 radical (unpaired) electrons. The van der Waals surface area contributed by atoms with Crippen molar-refractivity contribution in [1.29, 1.82) is 0 Å². The van der Waals surface area contributed by atoms with E-state index in [9.17, 15) is 14.6 Å². The number of aliphatic hydroxyl groups excluding tert-OH is 2. The molecule has 3 N–H and O–H groups in total. The van der Waals surface area contributed by atoms with Crippen molar-refractivity contribution in [2.45, 2.75) is 31.1 Å². The Balaban J connectivity index is 1.58. The van der Waals surface area contributed by atoms with Crippen LogP contribution in [0.25, 0.3) is 11.2 Å². The SMILES string of the molecule is OC1C(O)[C@@H](CF)O[C@H]1n1cnc2c(NOCc3ccccc3)nc(Cl)nc21.